The number of fused-ring (bicyclic) bond motifs is 3. The minimum absolute atomic E-state index is 0.0255. The van der Waals surface area contributed by atoms with Crippen molar-refractivity contribution in [2.24, 2.45) is 7.05 Å². The topological polar surface area (TPSA) is 40.8 Å². The number of aromatic nitrogens is 1. The molecule has 0 atom stereocenters. The summed E-state index contributed by atoms with van der Waals surface area (Å²) in [6.07, 6.45) is 2.00. The van der Waals surface area contributed by atoms with Gasteiger partial charge in [-0.15, -0.1) is 0 Å². The van der Waals surface area contributed by atoms with Gasteiger partial charge in [0, 0.05) is 34.5 Å². The van der Waals surface area contributed by atoms with Gasteiger partial charge >= 0.3 is 0 Å². The number of furan rings is 1. The van der Waals surface area contributed by atoms with Crippen LogP contribution < -0.4 is 4.57 Å². The Bertz CT molecular complexity index is 1150. The smallest absolute Gasteiger partial charge is 0.212 e. The normalized spacial score (nSPS) is 11.1. The Morgan fingerprint density at radius 2 is 1.83 bits per heavy atom. The van der Waals surface area contributed by atoms with Crippen LogP contribution in [-0.2, 0) is 7.05 Å². The SMILES string of the molecule is Cc1cc2oc3cc(F)c(C#N)cc3c2cc1-c1cccc[n+]1C. The summed E-state index contributed by atoms with van der Waals surface area (Å²) in [5, 5.41) is 10.7. The fraction of sp³-hybridized carbons (Fsp3) is 0.100. The lowest BCUT2D eigenvalue weighted by molar-refractivity contribution is -0.660. The first-order valence-corrected chi connectivity index (χ1v) is 7.60. The highest BCUT2D eigenvalue weighted by atomic mass is 19.1. The molecule has 24 heavy (non-hydrogen) atoms. The van der Waals surface area contributed by atoms with Crippen LogP contribution in [0.25, 0.3) is 33.2 Å². The molecule has 4 rings (SSSR count). The minimum Gasteiger partial charge on any atom is -0.456 e. The quantitative estimate of drug-likeness (QED) is 0.488. The molecule has 0 fully saturated rings. The van der Waals surface area contributed by atoms with E-state index in [2.05, 4.69) is 10.6 Å². The van der Waals surface area contributed by atoms with Gasteiger partial charge in [-0.05, 0) is 36.8 Å². The van der Waals surface area contributed by atoms with E-state index >= 15 is 0 Å². The molecular weight excluding hydrogens is 303 g/mol. The van der Waals surface area contributed by atoms with Gasteiger partial charge in [0.25, 0.3) is 0 Å². The molecular formula is C20H14FN2O+. The van der Waals surface area contributed by atoms with Gasteiger partial charge in [0.1, 0.15) is 30.1 Å². The van der Waals surface area contributed by atoms with E-state index in [1.54, 1.807) is 6.07 Å². The third kappa shape index (κ3) is 2.06. The van der Waals surface area contributed by atoms with Gasteiger partial charge in [0.15, 0.2) is 6.20 Å². The van der Waals surface area contributed by atoms with Crippen LogP contribution in [0.4, 0.5) is 4.39 Å². The number of hydrogen-bond acceptors (Lipinski definition) is 2. The molecule has 0 saturated heterocycles. The second-order valence-electron chi connectivity index (χ2n) is 5.90. The zero-order chi connectivity index (χ0) is 16.8. The van der Waals surface area contributed by atoms with E-state index in [1.807, 2.05) is 50.5 Å². The van der Waals surface area contributed by atoms with E-state index in [-0.39, 0.29) is 5.56 Å². The maximum atomic E-state index is 13.8. The number of nitriles is 1. The van der Waals surface area contributed by atoms with Gasteiger partial charge in [-0.2, -0.15) is 5.26 Å². The molecule has 2 heterocycles. The minimum atomic E-state index is -0.560. The maximum absolute atomic E-state index is 13.8. The highest BCUT2D eigenvalue weighted by molar-refractivity contribution is 6.07. The Balaban J connectivity index is 2.08. The fourth-order valence-electron chi connectivity index (χ4n) is 3.11. The average Bonchev–Trinajstić information content (AvgIpc) is 2.89. The van der Waals surface area contributed by atoms with Crippen LogP contribution in [0.2, 0.25) is 0 Å². The third-order valence-corrected chi connectivity index (χ3v) is 4.36. The summed E-state index contributed by atoms with van der Waals surface area (Å²) < 4.78 is 21.7. The average molecular weight is 317 g/mol. The van der Waals surface area contributed by atoms with E-state index < -0.39 is 5.82 Å². The second kappa shape index (κ2) is 5.17. The second-order valence-corrected chi connectivity index (χ2v) is 5.90. The Hall–Kier alpha value is -3.19. The molecule has 0 unspecified atom stereocenters. The number of benzene rings is 2. The molecule has 0 aliphatic rings. The summed E-state index contributed by atoms with van der Waals surface area (Å²) in [5.41, 5.74) is 4.40. The van der Waals surface area contributed by atoms with Crippen LogP contribution in [0.5, 0.6) is 0 Å². The van der Waals surface area contributed by atoms with E-state index in [1.165, 1.54) is 6.07 Å². The number of halogens is 1. The summed E-state index contributed by atoms with van der Waals surface area (Å²) in [6.45, 7) is 2.02. The van der Waals surface area contributed by atoms with Crippen molar-refractivity contribution in [1.29, 1.82) is 5.26 Å². The van der Waals surface area contributed by atoms with Gasteiger partial charge in [0.2, 0.25) is 5.69 Å². The van der Waals surface area contributed by atoms with E-state index in [4.69, 9.17) is 9.68 Å². The Morgan fingerprint density at radius 1 is 1.08 bits per heavy atom. The maximum Gasteiger partial charge on any atom is 0.212 e. The first kappa shape index (κ1) is 14.4. The highest BCUT2D eigenvalue weighted by Gasteiger charge is 2.17. The molecule has 0 aliphatic carbocycles. The van der Waals surface area contributed by atoms with Crippen molar-refractivity contribution in [1.82, 2.24) is 0 Å². The van der Waals surface area contributed by atoms with Crippen molar-refractivity contribution in [3.8, 4) is 17.3 Å². The Kier molecular flexibility index (Phi) is 3.10. The monoisotopic (exact) mass is 317 g/mol. The zero-order valence-corrected chi connectivity index (χ0v) is 13.3. The number of aryl methyl sites for hydroxylation is 2. The number of rotatable bonds is 1. The fourth-order valence-corrected chi connectivity index (χ4v) is 3.11. The summed E-state index contributed by atoms with van der Waals surface area (Å²) in [4.78, 5) is 0. The lowest BCUT2D eigenvalue weighted by Gasteiger charge is -2.04. The van der Waals surface area contributed by atoms with Crippen LogP contribution in [-0.4, -0.2) is 0 Å². The molecule has 0 amide bonds. The first-order valence-electron chi connectivity index (χ1n) is 7.60. The van der Waals surface area contributed by atoms with Crippen LogP contribution in [0, 0.1) is 24.1 Å². The lowest BCUT2D eigenvalue weighted by Crippen LogP contribution is -2.30. The lowest BCUT2D eigenvalue weighted by atomic mass is 10.0. The van der Waals surface area contributed by atoms with Crippen LogP contribution in [0.15, 0.2) is 53.1 Å². The molecule has 116 valence electrons. The molecule has 0 aliphatic heterocycles. The highest BCUT2D eigenvalue weighted by Crippen LogP contribution is 2.34. The standard InChI is InChI=1S/C20H14FN2O/c1-12-7-19-16(9-14(12)18-5-3-4-6-23(18)2)15-8-13(11-22)17(21)10-20(15)24-19/h3-10H,1-2H3/q+1. The van der Waals surface area contributed by atoms with Gasteiger partial charge in [-0.3, -0.25) is 0 Å². The number of hydrogen-bond donors (Lipinski definition) is 0. The van der Waals surface area contributed by atoms with Crippen LogP contribution in [0.3, 0.4) is 0 Å². The molecule has 3 nitrogen and oxygen atoms in total. The van der Waals surface area contributed by atoms with Crippen LogP contribution >= 0.6 is 0 Å². The molecule has 4 aromatic rings. The Labute approximate surface area is 138 Å². The number of pyridine rings is 1. The molecule has 0 N–H and O–H groups in total. The molecule has 2 aromatic heterocycles. The summed E-state index contributed by atoms with van der Waals surface area (Å²) in [5.74, 6) is -0.560. The molecule has 0 spiro atoms. The predicted octanol–water partition coefficient (Wildman–Crippen LogP) is 4.40. The third-order valence-electron chi connectivity index (χ3n) is 4.36. The summed E-state index contributed by atoms with van der Waals surface area (Å²) in [6, 6.07) is 14.8. The largest absolute Gasteiger partial charge is 0.456 e. The van der Waals surface area contributed by atoms with E-state index in [0.717, 1.165) is 27.6 Å². The van der Waals surface area contributed by atoms with E-state index in [0.29, 0.717) is 11.2 Å². The molecule has 4 heteroatoms. The van der Waals surface area contributed by atoms with Crippen molar-refractivity contribution in [2.75, 3.05) is 0 Å². The molecule has 2 aromatic carbocycles. The molecule has 0 bridgehead atoms. The van der Waals surface area contributed by atoms with Crippen molar-refractivity contribution < 1.29 is 13.4 Å². The van der Waals surface area contributed by atoms with Gasteiger partial charge in [0.05, 0.1) is 5.56 Å². The van der Waals surface area contributed by atoms with Crippen molar-refractivity contribution in [3.63, 3.8) is 0 Å². The van der Waals surface area contributed by atoms with Gasteiger partial charge in [-0.25, -0.2) is 8.96 Å². The van der Waals surface area contributed by atoms with E-state index in [9.17, 15) is 4.39 Å². The number of nitrogens with zero attached hydrogens (tertiary/aromatic N) is 2. The molecule has 0 saturated carbocycles. The predicted molar refractivity (Wildman–Crippen MR) is 89.7 cm³/mol. The van der Waals surface area contributed by atoms with Gasteiger partial charge < -0.3 is 4.42 Å². The summed E-state index contributed by atoms with van der Waals surface area (Å²) in [7, 11) is 2.00. The van der Waals surface area contributed by atoms with Crippen molar-refractivity contribution >= 4 is 21.9 Å². The van der Waals surface area contributed by atoms with Crippen LogP contribution in [0.1, 0.15) is 11.1 Å². The first-order chi connectivity index (χ1) is 11.6. The molecule has 0 radical (unpaired) electrons. The Morgan fingerprint density at radius 3 is 2.58 bits per heavy atom. The van der Waals surface area contributed by atoms with Crippen molar-refractivity contribution in [3.05, 3.63) is 65.6 Å². The van der Waals surface area contributed by atoms with Gasteiger partial charge in [-0.1, -0.05) is 0 Å². The summed E-state index contributed by atoms with van der Waals surface area (Å²) >= 11 is 0. The zero-order valence-electron chi connectivity index (χ0n) is 13.3. The van der Waals surface area contributed by atoms with Crippen molar-refractivity contribution in [2.45, 2.75) is 6.92 Å².